The lowest BCUT2D eigenvalue weighted by atomic mass is 9.90. The third kappa shape index (κ3) is 6.30. The second kappa shape index (κ2) is 7.98. The molecule has 0 radical (unpaired) electrons. The maximum atomic E-state index is 13.9. The van der Waals surface area contributed by atoms with Gasteiger partial charge in [0.1, 0.15) is 11.6 Å². The van der Waals surface area contributed by atoms with Gasteiger partial charge in [-0.3, -0.25) is 0 Å². The summed E-state index contributed by atoms with van der Waals surface area (Å²) < 4.78 is 19.3. The van der Waals surface area contributed by atoms with Crippen LogP contribution >= 0.6 is 0 Å². The highest BCUT2D eigenvalue weighted by atomic mass is 19.1. The summed E-state index contributed by atoms with van der Waals surface area (Å²) >= 11 is 0. The molecule has 1 aromatic carbocycles. The monoisotopic (exact) mass is 312 g/mol. The first kappa shape index (κ1) is 18.2. The van der Waals surface area contributed by atoms with Crippen LogP contribution in [0.25, 0.3) is 0 Å². The molecule has 0 heterocycles. The van der Waals surface area contributed by atoms with E-state index in [1.54, 1.807) is 6.07 Å². The number of ether oxygens (including phenoxy) is 1. The number of hydrogen-bond acceptors (Lipinski definition) is 3. The fraction of sp³-hybridized carbons (Fsp3) is 0.562. The third-order valence-electron chi connectivity index (χ3n) is 3.08. The molecule has 0 aliphatic carbocycles. The minimum absolute atomic E-state index is 0.0461. The topological polar surface area (TPSA) is 70.6 Å². The molecule has 6 heteroatoms. The predicted molar refractivity (Wildman–Crippen MR) is 84.7 cm³/mol. The largest absolute Gasteiger partial charge is 0.491 e. The SMILES string of the molecule is CC(C)Oc1ccc(NC(=O)NCC(C)(C)CCO)c(F)c1. The molecule has 0 unspecified atom stereocenters. The number of carbonyl (C=O) groups is 1. The van der Waals surface area contributed by atoms with E-state index in [0.717, 1.165) is 0 Å². The Balaban J connectivity index is 2.58. The van der Waals surface area contributed by atoms with Crippen LogP contribution in [0.4, 0.5) is 14.9 Å². The van der Waals surface area contributed by atoms with E-state index in [-0.39, 0.29) is 23.8 Å². The molecule has 0 saturated heterocycles. The van der Waals surface area contributed by atoms with Crippen LogP contribution < -0.4 is 15.4 Å². The Bertz CT molecular complexity index is 504. The summed E-state index contributed by atoms with van der Waals surface area (Å²) in [6.07, 6.45) is 0.526. The zero-order valence-electron chi connectivity index (χ0n) is 13.6. The van der Waals surface area contributed by atoms with Gasteiger partial charge in [-0.25, -0.2) is 9.18 Å². The number of aliphatic hydroxyl groups excluding tert-OH is 1. The molecule has 0 atom stereocenters. The van der Waals surface area contributed by atoms with Crippen molar-refractivity contribution >= 4 is 11.7 Å². The molecule has 1 aromatic rings. The summed E-state index contributed by atoms with van der Waals surface area (Å²) in [5, 5.41) is 14.1. The molecule has 0 spiro atoms. The minimum atomic E-state index is -0.553. The van der Waals surface area contributed by atoms with Crippen LogP contribution in [0.15, 0.2) is 18.2 Å². The Hall–Kier alpha value is -1.82. The molecule has 1 rings (SSSR count). The summed E-state index contributed by atoms with van der Waals surface area (Å²) in [5.41, 5.74) is -0.131. The Labute approximate surface area is 130 Å². The van der Waals surface area contributed by atoms with Gasteiger partial charge in [0.05, 0.1) is 11.8 Å². The first-order valence-corrected chi connectivity index (χ1v) is 7.35. The van der Waals surface area contributed by atoms with E-state index in [9.17, 15) is 9.18 Å². The molecule has 22 heavy (non-hydrogen) atoms. The van der Waals surface area contributed by atoms with Crippen molar-refractivity contribution in [3.05, 3.63) is 24.0 Å². The predicted octanol–water partition coefficient (Wildman–Crippen LogP) is 3.14. The Kier molecular flexibility index (Phi) is 6.61. The van der Waals surface area contributed by atoms with Gasteiger partial charge in [-0.15, -0.1) is 0 Å². The standard InChI is InChI=1S/C16H25FN2O3/c1-11(2)22-12-5-6-14(13(17)9-12)19-15(21)18-10-16(3,4)7-8-20/h5-6,9,11,20H,7-8,10H2,1-4H3,(H2,18,19,21). The minimum Gasteiger partial charge on any atom is -0.491 e. The van der Waals surface area contributed by atoms with E-state index in [0.29, 0.717) is 18.7 Å². The van der Waals surface area contributed by atoms with E-state index >= 15 is 0 Å². The highest BCUT2D eigenvalue weighted by Gasteiger charge is 2.18. The second-order valence-electron chi connectivity index (χ2n) is 6.25. The Morgan fingerprint density at radius 2 is 2.09 bits per heavy atom. The van der Waals surface area contributed by atoms with Crippen LogP contribution in [-0.2, 0) is 0 Å². The van der Waals surface area contributed by atoms with Gasteiger partial charge >= 0.3 is 6.03 Å². The number of hydrogen-bond donors (Lipinski definition) is 3. The van der Waals surface area contributed by atoms with Gasteiger partial charge in [-0.1, -0.05) is 13.8 Å². The number of anilines is 1. The van der Waals surface area contributed by atoms with Crippen LogP contribution in [0.3, 0.4) is 0 Å². The first-order valence-electron chi connectivity index (χ1n) is 7.35. The number of aliphatic hydroxyl groups is 1. The third-order valence-corrected chi connectivity index (χ3v) is 3.08. The zero-order chi connectivity index (χ0) is 16.8. The molecule has 0 saturated carbocycles. The fourth-order valence-corrected chi connectivity index (χ4v) is 1.82. The Morgan fingerprint density at radius 1 is 1.41 bits per heavy atom. The van der Waals surface area contributed by atoms with Gasteiger partial charge in [-0.05, 0) is 37.8 Å². The average Bonchev–Trinajstić information content (AvgIpc) is 2.39. The number of halogens is 1. The summed E-state index contributed by atoms with van der Waals surface area (Å²) in [4.78, 5) is 11.8. The molecule has 0 bridgehead atoms. The highest BCUT2D eigenvalue weighted by Crippen LogP contribution is 2.22. The maximum absolute atomic E-state index is 13.9. The zero-order valence-corrected chi connectivity index (χ0v) is 13.6. The van der Waals surface area contributed by atoms with Crippen molar-refractivity contribution in [2.75, 3.05) is 18.5 Å². The van der Waals surface area contributed by atoms with E-state index in [2.05, 4.69) is 10.6 Å². The molecule has 2 amide bonds. The Morgan fingerprint density at radius 3 is 2.64 bits per heavy atom. The summed E-state index contributed by atoms with van der Waals surface area (Å²) in [6.45, 7) is 8.01. The smallest absolute Gasteiger partial charge is 0.319 e. The van der Waals surface area contributed by atoms with Crippen molar-refractivity contribution in [3.8, 4) is 5.75 Å². The van der Waals surface area contributed by atoms with Gasteiger partial charge in [0, 0.05) is 19.2 Å². The molecule has 0 aliphatic heterocycles. The van der Waals surface area contributed by atoms with Crippen LogP contribution in [0, 0.1) is 11.2 Å². The second-order valence-corrected chi connectivity index (χ2v) is 6.25. The maximum Gasteiger partial charge on any atom is 0.319 e. The van der Waals surface area contributed by atoms with Crippen molar-refractivity contribution in [1.82, 2.24) is 5.32 Å². The lowest BCUT2D eigenvalue weighted by Gasteiger charge is -2.23. The summed E-state index contributed by atoms with van der Waals surface area (Å²) in [5.74, 6) is -0.134. The lowest BCUT2D eigenvalue weighted by molar-refractivity contribution is 0.204. The van der Waals surface area contributed by atoms with Crippen LogP contribution in [-0.4, -0.2) is 30.4 Å². The molecule has 124 valence electrons. The summed E-state index contributed by atoms with van der Waals surface area (Å²) in [6, 6.07) is 3.83. The molecule has 0 aliphatic rings. The van der Waals surface area contributed by atoms with Crippen LogP contribution in [0.5, 0.6) is 5.75 Å². The number of amides is 2. The number of rotatable bonds is 7. The van der Waals surface area contributed by atoms with Gasteiger partial charge in [0.15, 0.2) is 0 Å². The van der Waals surface area contributed by atoms with Crippen molar-refractivity contribution in [1.29, 1.82) is 0 Å². The van der Waals surface area contributed by atoms with E-state index < -0.39 is 11.8 Å². The van der Waals surface area contributed by atoms with Gasteiger partial charge in [-0.2, -0.15) is 0 Å². The van der Waals surface area contributed by atoms with E-state index in [1.165, 1.54) is 12.1 Å². The van der Waals surface area contributed by atoms with Gasteiger partial charge < -0.3 is 20.5 Å². The molecular weight excluding hydrogens is 287 g/mol. The number of urea groups is 1. The van der Waals surface area contributed by atoms with E-state index in [4.69, 9.17) is 9.84 Å². The quantitative estimate of drug-likeness (QED) is 0.724. The van der Waals surface area contributed by atoms with Crippen LogP contribution in [0.2, 0.25) is 0 Å². The van der Waals surface area contributed by atoms with Gasteiger partial charge in [0.25, 0.3) is 0 Å². The number of carbonyl (C=O) groups excluding carboxylic acids is 1. The van der Waals surface area contributed by atoms with Crippen molar-refractivity contribution in [3.63, 3.8) is 0 Å². The van der Waals surface area contributed by atoms with E-state index in [1.807, 2.05) is 27.7 Å². The molecule has 3 N–H and O–H groups in total. The molecular formula is C16H25FN2O3. The highest BCUT2D eigenvalue weighted by molar-refractivity contribution is 5.89. The van der Waals surface area contributed by atoms with Crippen molar-refractivity contribution in [2.45, 2.75) is 40.2 Å². The lowest BCUT2D eigenvalue weighted by Crippen LogP contribution is -2.37. The fourth-order valence-electron chi connectivity index (χ4n) is 1.82. The van der Waals surface area contributed by atoms with Crippen LogP contribution in [0.1, 0.15) is 34.1 Å². The van der Waals surface area contributed by atoms with Crippen molar-refractivity contribution < 1.29 is 19.0 Å². The number of nitrogens with one attached hydrogen (secondary N) is 2. The average molecular weight is 312 g/mol. The summed E-state index contributed by atoms with van der Waals surface area (Å²) in [7, 11) is 0. The van der Waals surface area contributed by atoms with Gasteiger partial charge in [0.2, 0.25) is 0 Å². The normalized spacial score (nSPS) is 11.4. The number of benzene rings is 1. The van der Waals surface area contributed by atoms with Crippen molar-refractivity contribution in [2.24, 2.45) is 5.41 Å². The molecule has 0 aromatic heterocycles. The first-order chi connectivity index (χ1) is 10.2. The molecule has 5 nitrogen and oxygen atoms in total. The molecule has 0 fully saturated rings.